The normalized spacial score (nSPS) is 31.4. The topological polar surface area (TPSA) is 145 Å². The molecule has 3 fully saturated rings. The van der Waals surface area contributed by atoms with Gasteiger partial charge in [0.25, 0.3) is 0 Å². The Hall–Kier alpha value is -1.97. The van der Waals surface area contributed by atoms with Crippen LogP contribution in [0.4, 0.5) is 4.79 Å². The van der Waals surface area contributed by atoms with E-state index in [1.165, 1.54) is 4.90 Å². The fraction of sp³-hybridized carbons (Fsp3) is 0.889. The summed E-state index contributed by atoms with van der Waals surface area (Å²) >= 11 is 0. The molecule has 2 atom stereocenters. The number of likely N-dealkylation sites (tertiary alicyclic amines) is 1. The highest BCUT2D eigenvalue weighted by Crippen LogP contribution is 2.56. The smallest absolute Gasteiger partial charge is 0.457 e. The van der Waals surface area contributed by atoms with Crippen LogP contribution in [0, 0.1) is 11.3 Å². The lowest BCUT2D eigenvalue weighted by Crippen LogP contribution is -2.57. The van der Waals surface area contributed by atoms with E-state index in [4.69, 9.17) is 19.9 Å². The predicted octanol–water partition coefficient (Wildman–Crippen LogP) is 3.38. The molecular weight excluding hydrogens is 379 g/mol. The Morgan fingerprint density at radius 2 is 1.79 bits per heavy atom. The summed E-state index contributed by atoms with van der Waals surface area (Å²) < 4.78 is 12.0. The third kappa shape index (κ3) is 3.67. The zero-order valence-corrected chi connectivity index (χ0v) is 17.4. The number of nitrogens with zero attached hydrogens (tertiary/aromatic N) is 4. The van der Waals surface area contributed by atoms with Gasteiger partial charge in [-0.3, -0.25) is 4.79 Å². The van der Waals surface area contributed by atoms with Gasteiger partial charge in [-0.15, -0.1) is 0 Å². The minimum absolute atomic E-state index is 0.171. The minimum atomic E-state index is -1.53. The van der Waals surface area contributed by atoms with Crippen molar-refractivity contribution in [3.63, 3.8) is 0 Å². The molecule has 0 aromatic heterocycles. The maximum absolute atomic E-state index is 12.1. The maximum Gasteiger partial charge on any atom is 0.457 e. The van der Waals surface area contributed by atoms with Crippen LogP contribution in [0.1, 0.15) is 53.4 Å². The quantitative estimate of drug-likeness (QED) is 0.298. The van der Waals surface area contributed by atoms with Gasteiger partial charge in [-0.05, 0) is 64.7 Å². The van der Waals surface area contributed by atoms with Crippen molar-refractivity contribution in [2.24, 2.45) is 16.4 Å². The van der Waals surface area contributed by atoms with Crippen molar-refractivity contribution < 1.29 is 29.1 Å². The van der Waals surface area contributed by atoms with Crippen LogP contribution in [0.15, 0.2) is 5.11 Å². The molecule has 2 heterocycles. The van der Waals surface area contributed by atoms with Gasteiger partial charge in [0, 0.05) is 23.4 Å². The van der Waals surface area contributed by atoms with Crippen molar-refractivity contribution >= 4 is 19.2 Å². The molecule has 2 saturated heterocycles. The Morgan fingerprint density at radius 3 is 2.28 bits per heavy atom. The number of amides is 1. The molecule has 1 amide bonds. The zero-order valence-electron chi connectivity index (χ0n) is 17.4. The Morgan fingerprint density at radius 1 is 1.21 bits per heavy atom. The average Bonchev–Trinajstić information content (AvgIpc) is 2.99. The lowest BCUT2D eigenvalue weighted by Gasteiger charge is -2.47. The van der Waals surface area contributed by atoms with E-state index in [0.29, 0.717) is 25.6 Å². The van der Waals surface area contributed by atoms with Gasteiger partial charge in [0.15, 0.2) is 0 Å². The van der Waals surface area contributed by atoms with E-state index in [2.05, 4.69) is 10.0 Å². The van der Waals surface area contributed by atoms with Gasteiger partial charge in [0.1, 0.15) is 5.54 Å². The van der Waals surface area contributed by atoms with Gasteiger partial charge in [-0.25, -0.2) is 4.79 Å². The van der Waals surface area contributed by atoms with Crippen LogP contribution in [0.5, 0.6) is 0 Å². The highest BCUT2D eigenvalue weighted by molar-refractivity contribution is 6.45. The lowest BCUT2D eigenvalue weighted by atomic mass is 9.76. The molecular formula is C18H29BN4O6. The summed E-state index contributed by atoms with van der Waals surface area (Å²) in [6.07, 6.45) is 1.52. The fourth-order valence-electron chi connectivity index (χ4n) is 5.06. The van der Waals surface area contributed by atoms with E-state index >= 15 is 0 Å². The lowest BCUT2D eigenvalue weighted by molar-refractivity contribution is -0.145. The van der Waals surface area contributed by atoms with Crippen molar-refractivity contribution in [1.29, 1.82) is 0 Å². The molecule has 29 heavy (non-hydrogen) atoms. The number of aliphatic carboxylic acids is 1. The molecule has 3 rings (SSSR count). The molecule has 10 nitrogen and oxygen atoms in total. The van der Waals surface area contributed by atoms with E-state index in [1.54, 1.807) is 0 Å². The number of hydrogen-bond acceptors (Lipinski definition) is 5. The van der Waals surface area contributed by atoms with Crippen LogP contribution >= 0.6 is 0 Å². The maximum atomic E-state index is 12.1. The summed E-state index contributed by atoms with van der Waals surface area (Å²) in [6, 6.07) is 0. The first kappa shape index (κ1) is 21.7. The van der Waals surface area contributed by atoms with Crippen molar-refractivity contribution in [3.05, 3.63) is 10.4 Å². The molecule has 1 saturated carbocycles. The number of rotatable bonds is 6. The minimum Gasteiger partial charge on any atom is -0.481 e. The third-order valence-electron chi connectivity index (χ3n) is 7.21. The van der Waals surface area contributed by atoms with E-state index < -0.39 is 34.2 Å². The molecule has 0 bridgehead atoms. The van der Waals surface area contributed by atoms with Crippen molar-refractivity contribution in [1.82, 2.24) is 4.90 Å². The van der Waals surface area contributed by atoms with Gasteiger partial charge in [0.2, 0.25) is 0 Å². The van der Waals surface area contributed by atoms with Crippen molar-refractivity contribution in [3.8, 4) is 0 Å². The molecule has 11 heteroatoms. The molecule has 2 unspecified atom stereocenters. The molecule has 0 aromatic carbocycles. The van der Waals surface area contributed by atoms with Crippen molar-refractivity contribution in [2.45, 2.75) is 76.4 Å². The first-order valence-corrected chi connectivity index (χ1v) is 10.00. The van der Waals surface area contributed by atoms with Crippen LogP contribution in [-0.2, 0) is 14.1 Å². The Labute approximate surface area is 170 Å². The molecule has 1 aliphatic carbocycles. The predicted molar refractivity (Wildman–Crippen MR) is 104 cm³/mol. The SMILES string of the molecule is CC1(C)OB(CCCC2CC3(CN(C(=O)O)C3)CC2(N=[N+]=[N-])C(=O)O)OC1(C)C. The molecule has 0 radical (unpaired) electrons. The molecule has 3 aliphatic rings. The second-order valence-electron chi connectivity index (χ2n) is 9.75. The summed E-state index contributed by atoms with van der Waals surface area (Å²) in [4.78, 5) is 27.4. The summed E-state index contributed by atoms with van der Waals surface area (Å²) in [6.45, 7) is 8.49. The van der Waals surface area contributed by atoms with Crippen LogP contribution in [0.2, 0.25) is 6.32 Å². The Balaban J connectivity index is 1.67. The van der Waals surface area contributed by atoms with Crippen LogP contribution < -0.4 is 0 Å². The molecule has 2 aliphatic heterocycles. The van der Waals surface area contributed by atoms with Gasteiger partial charge >= 0.3 is 19.2 Å². The zero-order chi connectivity index (χ0) is 21.7. The Kier molecular flexibility index (Phi) is 5.30. The van der Waals surface area contributed by atoms with E-state index in [0.717, 1.165) is 0 Å². The second kappa shape index (κ2) is 7.07. The molecule has 2 N–H and O–H groups in total. The van der Waals surface area contributed by atoms with Gasteiger partial charge < -0.3 is 24.4 Å². The van der Waals surface area contributed by atoms with Gasteiger partial charge in [0.05, 0.1) is 11.2 Å². The fourth-order valence-corrected chi connectivity index (χ4v) is 5.06. The monoisotopic (exact) mass is 408 g/mol. The standard InChI is InChI=1S/C18H29BN4O6/c1-15(2)16(3,4)29-19(28-15)7-5-6-12-8-17(10-23(11-17)14(26)27)9-18(12,13(24)25)21-22-20/h12H,5-11H2,1-4H3,(H,24,25)(H,26,27). The largest absolute Gasteiger partial charge is 0.481 e. The second-order valence-corrected chi connectivity index (χ2v) is 9.75. The van der Waals surface area contributed by atoms with Crippen LogP contribution in [0.3, 0.4) is 0 Å². The highest BCUT2D eigenvalue weighted by atomic mass is 16.7. The molecule has 1 spiro atoms. The molecule has 160 valence electrons. The number of carboxylic acids is 1. The van der Waals surface area contributed by atoms with E-state index in [9.17, 15) is 14.7 Å². The number of carbonyl (C=O) groups is 2. The number of carboxylic acid groups (broad SMARTS) is 2. The first-order chi connectivity index (χ1) is 13.4. The van der Waals surface area contributed by atoms with Crippen LogP contribution in [-0.4, -0.2) is 64.1 Å². The third-order valence-corrected chi connectivity index (χ3v) is 7.21. The first-order valence-electron chi connectivity index (χ1n) is 10.00. The summed E-state index contributed by atoms with van der Waals surface area (Å²) in [5.41, 5.74) is 6.22. The van der Waals surface area contributed by atoms with Crippen molar-refractivity contribution in [2.75, 3.05) is 13.1 Å². The highest BCUT2D eigenvalue weighted by Gasteiger charge is 2.63. The van der Waals surface area contributed by atoms with E-state index in [-0.39, 0.29) is 32.5 Å². The van der Waals surface area contributed by atoms with Gasteiger partial charge in [-0.2, -0.15) is 0 Å². The summed E-state index contributed by atoms with van der Waals surface area (Å²) in [7, 11) is -0.361. The summed E-state index contributed by atoms with van der Waals surface area (Å²) in [5.74, 6) is -1.49. The number of hydrogen-bond donors (Lipinski definition) is 2. The number of azide groups is 1. The van der Waals surface area contributed by atoms with Gasteiger partial charge in [-0.1, -0.05) is 11.5 Å². The van der Waals surface area contributed by atoms with Crippen LogP contribution in [0.25, 0.3) is 10.4 Å². The Bertz CT molecular complexity index is 727. The van der Waals surface area contributed by atoms with E-state index in [1.807, 2.05) is 27.7 Å². The summed E-state index contributed by atoms with van der Waals surface area (Å²) in [5, 5.41) is 22.8. The molecule has 0 aromatic rings. The average molecular weight is 408 g/mol.